The van der Waals surface area contributed by atoms with Gasteiger partial charge in [0.1, 0.15) is 0 Å². The normalized spacial score (nSPS) is 13.8. The molecule has 0 saturated heterocycles. The van der Waals surface area contributed by atoms with Crippen molar-refractivity contribution in [1.82, 2.24) is 10.6 Å². The Morgan fingerprint density at radius 1 is 1.22 bits per heavy atom. The molecule has 0 aliphatic carbocycles. The molecule has 0 spiro atoms. The number of amides is 1. The Hall–Kier alpha value is -1.10. The van der Waals surface area contributed by atoms with Gasteiger partial charge in [0.05, 0.1) is 12.6 Å². The summed E-state index contributed by atoms with van der Waals surface area (Å²) in [4.78, 5) is 22.8. The van der Waals surface area contributed by atoms with Crippen LogP contribution in [0.25, 0.3) is 0 Å². The lowest BCUT2D eigenvalue weighted by Crippen LogP contribution is -2.45. The zero-order chi connectivity index (χ0) is 14.0. The van der Waals surface area contributed by atoms with Crippen LogP contribution < -0.4 is 10.6 Å². The van der Waals surface area contributed by atoms with Crippen LogP contribution in [0, 0.1) is 0 Å². The van der Waals surface area contributed by atoms with E-state index in [9.17, 15) is 9.59 Å². The molecule has 106 valence electrons. The maximum atomic E-state index is 11.7. The molecule has 0 aliphatic heterocycles. The molecule has 0 fully saturated rings. The van der Waals surface area contributed by atoms with Crippen LogP contribution in [0.5, 0.6) is 0 Å². The van der Waals surface area contributed by atoms with E-state index < -0.39 is 0 Å². The summed E-state index contributed by atoms with van der Waals surface area (Å²) in [5.41, 5.74) is 0. The highest BCUT2D eigenvalue weighted by molar-refractivity contribution is 5.81. The largest absolute Gasteiger partial charge is 0.466 e. The molecule has 0 radical (unpaired) electrons. The quantitative estimate of drug-likeness (QED) is 0.482. The minimum atomic E-state index is -0.235. The fraction of sp³-hybridized carbons (Fsp3) is 0.846. The van der Waals surface area contributed by atoms with E-state index in [0.29, 0.717) is 26.0 Å². The summed E-state index contributed by atoms with van der Waals surface area (Å²) < 4.78 is 4.82. The summed E-state index contributed by atoms with van der Waals surface area (Å²) in [6.45, 7) is 8.67. The van der Waals surface area contributed by atoms with E-state index in [-0.39, 0.29) is 24.0 Å². The van der Waals surface area contributed by atoms with Gasteiger partial charge in [-0.15, -0.1) is 0 Å². The summed E-state index contributed by atoms with van der Waals surface area (Å²) in [5.74, 6) is -0.184. The van der Waals surface area contributed by atoms with Crippen molar-refractivity contribution >= 4 is 11.9 Å². The predicted molar refractivity (Wildman–Crippen MR) is 71.2 cm³/mol. The van der Waals surface area contributed by atoms with Crippen molar-refractivity contribution < 1.29 is 14.3 Å². The van der Waals surface area contributed by atoms with E-state index in [1.165, 1.54) is 0 Å². The van der Waals surface area contributed by atoms with E-state index in [1.807, 2.05) is 20.8 Å². The Labute approximate surface area is 110 Å². The first kappa shape index (κ1) is 16.9. The minimum Gasteiger partial charge on any atom is -0.466 e. The Bertz CT molecular complexity index is 257. The topological polar surface area (TPSA) is 67.4 Å². The number of hydrogen-bond donors (Lipinski definition) is 2. The molecule has 1 amide bonds. The number of carbonyl (C=O) groups excluding carboxylic acids is 2. The van der Waals surface area contributed by atoms with Crippen molar-refractivity contribution in [3.63, 3.8) is 0 Å². The molecular formula is C13H26N2O3. The van der Waals surface area contributed by atoms with Gasteiger partial charge in [-0.1, -0.05) is 6.92 Å². The predicted octanol–water partition coefficient (Wildman–Crippen LogP) is 1.22. The number of hydrogen-bond acceptors (Lipinski definition) is 4. The summed E-state index contributed by atoms with van der Waals surface area (Å²) in [5, 5.41) is 6.00. The maximum Gasteiger partial charge on any atom is 0.305 e. The Morgan fingerprint density at radius 2 is 1.89 bits per heavy atom. The summed E-state index contributed by atoms with van der Waals surface area (Å²) >= 11 is 0. The first-order valence-corrected chi connectivity index (χ1v) is 6.70. The summed E-state index contributed by atoms with van der Waals surface area (Å²) in [6, 6.07) is -0.0394. The van der Waals surface area contributed by atoms with Crippen molar-refractivity contribution in [2.45, 2.75) is 59.0 Å². The number of esters is 1. The number of ether oxygens (including phenoxy) is 1. The van der Waals surface area contributed by atoms with Gasteiger partial charge in [-0.05, 0) is 40.2 Å². The lowest BCUT2D eigenvalue weighted by atomic mass is 10.2. The molecule has 0 bridgehead atoms. The van der Waals surface area contributed by atoms with Crippen molar-refractivity contribution in [2.75, 3.05) is 13.2 Å². The molecule has 5 nitrogen and oxygen atoms in total. The van der Waals surface area contributed by atoms with E-state index >= 15 is 0 Å². The molecule has 0 aromatic heterocycles. The third-order valence-corrected chi connectivity index (χ3v) is 2.71. The molecule has 18 heavy (non-hydrogen) atoms. The zero-order valence-electron chi connectivity index (χ0n) is 11.9. The molecular weight excluding hydrogens is 232 g/mol. The summed E-state index contributed by atoms with van der Waals surface area (Å²) in [6.07, 6.45) is 1.99. The molecule has 0 saturated carbocycles. The average Bonchev–Trinajstić information content (AvgIpc) is 2.34. The second-order valence-corrected chi connectivity index (χ2v) is 4.40. The summed E-state index contributed by atoms with van der Waals surface area (Å²) in [7, 11) is 0. The first-order chi connectivity index (χ1) is 8.51. The van der Waals surface area contributed by atoms with Gasteiger partial charge in [0.2, 0.25) is 5.91 Å². The number of rotatable bonds is 9. The number of nitrogens with one attached hydrogen (secondary N) is 2. The molecule has 2 unspecified atom stereocenters. The fourth-order valence-corrected chi connectivity index (χ4v) is 1.35. The Kier molecular flexibility index (Phi) is 9.28. The molecule has 0 heterocycles. The highest BCUT2D eigenvalue weighted by Crippen LogP contribution is 1.94. The molecule has 5 heteroatoms. The van der Waals surface area contributed by atoms with E-state index in [2.05, 4.69) is 10.6 Å². The van der Waals surface area contributed by atoms with Gasteiger partial charge >= 0.3 is 5.97 Å². The highest BCUT2D eigenvalue weighted by Gasteiger charge is 2.13. The van der Waals surface area contributed by atoms with E-state index in [4.69, 9.17) is 4.74 Å². The van der Waals surface area contributed by atoms with Gasteiger partial charge in [0.25, 0.3) is 0 Å². The van der Waals surface area contributed by atoms with Gasteiger partial charge in [0, 0.05) is 12.5 Å². The molecule has 0 aliphatic rings. The fourth-order valence-electron chi connectivity index (χ4n) is 1.35. The third kappa shape index (κ3) is 8.06. The molecule has 0 aromatic rings. The van der Waals surface area contributed by atoms with Crippen LogP contribution in [-0.4, -0.2) is 37.1 Å². The second-order valence-electron chi connectivity index (χ2n) is 4.40. The van der Waals surface area contributed by atoms with Crippen LogP contribution in [0.4, 0.5) is 0 Å². The third-order valence-electron chi connectivity index (χ3n) is 2.71. The minimum absolute atomic E-state index is 0.000449. The van der Waals surface area contributed by atoms with E-state index in [0.717, 1.165) is 6.42 Å². The van der Waals surface area contributed by atoms with Gasteiger partial charge in [-0.3, -0.25) is 9.59 Å². The van der Waals surface area contributed by atoms with Crippen molar-refractivity contribution in [2.24, 2.45) is 0 Å². The van der Waals surface area contributed by atoms with Gasteiger partial charge < -0.3 is 15.4 Å². The number of carbonyl (C=O) groups is 2. The van der Waals surface area contributed by atoms with Crippen molar-refractivity contribution in [3.8, 4) is 0 Å². The van der Waals surface area contributed by atoms with Gasteiger partial charge in [0.15, 0.2) is 0 Å². The molecule has 2 atom stereocenters. The van der Waals surface area contributed by atoms with Gasteiger partial charge in [-0.2, -0.15) is 0 Å². The lowest BCUT2D eigenvalue weighted by molar-refractivity contribution is -0.143. The Balaban J connectivity index is 3.66. The van der Waals surface area contributed by atoms with Crippen LogP contribution in [0.1, 0.15) is 47.0 Å². The first-order valence-electron chi connectivity index (χ1n) is 6.70. The van der Waals surface area contributed by atoms with E-state index in [1.54, 1.807) is 6.92 Å². The molecule has 0 aromatic carbocycles. The van der Waals surface area contributed by atoms with Crippen LogP contribution in [-0.2, 0) is 14.3 Å². The lowest BCUT2D eigenvalue weighted by Gasteiger charge is -2.17. The second kappa shape index (κ2) is 9.88. The molecule has 0 rings (SSSR count). The van der Waals surface area contributed by atoms with Crippen LogP contribution >= 0.6 is 0 Å². The average molecular weight is 258 g/mol. The smallest absolute Gasteiger partial charge is 0.305 e. The zero-order valence-corrected chi connectivity index (χ0v) is 11.9. The maximum absolute atomic E-state index is 11.7. The highest BCUT2D eigenvalue weighted by atomic mass is 16.5. The van der Waals surface area contributed by atoms with Crippen LogP contribution in [0.3, 0.4) is 0 Å². The van der Waals surface area contributed by atoms with Crippen LogP contribution in [0.15, 0.2) is 0 Å². The molecule has 2 N–H and O–H groups in total. The van der Waals surface area contributed by atoms with Crippen LogP contribution in [0.2, 0.25) is 0 Å². The Morgan fingerprint density at radius 3 is 2.44 bits per heavy atom. The van der Waals surface area contributed by atoms with Crippen molar-refractivity contribution in [3.05, 3.63) is 0 Å². The standard InChI is InChI=1S/C13H26N2O3/c1-5-10(3)15-13(17)11(4)14-9-7-8-12(16)18-6-2/h10-11,14H,5-9H2,1-4H3,(H,15,17). The SMILES string of the molecule is CCOC(=O)CCCNC(C)C(=O)NC(C)CC. The monoisotopic (exact) mass is 258 g/mol. The van der Waals surface area contributed by atoms with Gasteiger partial charge in [-0.25, -0.2) is 0 Å². The van der Waals surface area contributed by atoms with Crippen molar-refractivity contribution in [1.29, 1.82) is 0 Å².